The highest BCUT2D eigenvalue weighted by Gasteiger charge is 2.15. The van der Waals surface area contributed by atoms with Crippen LogP contribution in [0.15, 0.2) is 0 Å². The molecule has 1 rings (SSSR count). The van der Waals surface area contributed by atoms with E-state index in [2.05, 4.69) is 4.74 Å². The van der Waals surface area contributed by atoms with Crippen LogP contribution in [-0.2, 0) is 19.0 Å². The predicted molar refractivity (Wildman–Crippen MR) is 46.4 cm³/mol. The van der Waals surface area contributed by atoms with Crippen LogP contribution in [0.4, 0.5) is 0 Å². The summed E-state index contributed by atoms with van der Waals surface area (Å²) < 4.78 is 15.1. The molecule has 1 aliphatic rings. The van der Waals surface area contributed by atoms with Gasteiger partial charge in [-0.2, -0.15) is 0 Å². The molecule has 1 aliphatic heterocycles. The second-order valence-electron chi connectivity index (χ2n) is 3.04. The fourth-order valence-electron chi connectivity index (χ4n) is 1.21. The van der Waals surface area contributed by atoms with Crippen LogP contribution in [0.5, 0.6) is 0 Å². The molecule has 76 valence electrons. The van der Waals surface area contributed by atoms with Gasteiger partial charge in [-0.15, -0.1) is 0 Å². The Kier molecular flexibility index (Phi) is 4.78. The van der Waals surface area contributed by atoms with Gasteiger partial charge in [0.05, 0.1) is 19.8 Å². The van der Waals surface area contributed by atoms with Crippen LogP contribution in [-0.4, -0.2) is 39.0 Å². The van der Waals surface area contributed by atoms with E-state index in [9.17, 15) is 4.79 Å². The number of hydrogen-bond donors (Lipinski definition) is 0. The van der Waals surface area contributed by atoms with Gasteiger partial charge < -0.3 is 14.2 Å². The molecule has 0 saturated carbocycles. The van der Waals surface area contributed by atoms with Gasteiger partial charge in [0.1, 0.15) is 0 Å². The molecule has 1 unspecified atom stereocenters. The van der Waals surface area contributed by atoms with E-state index in [0.29, 0.717) is 19.6 Å². The van der Waals surface area contributed by atoms with Gasteiger partial charge in [-0.05, 0) is 12.8 Å². The van der Waals surface area contributed by atoms with Gasteiger partial charge in [0.25, 0.3) is 0 Å². The van der Waals surface area contributed by atoms with Crippen molar-refractivity contribution in [3.05, 3.63) is 0 Å². The van der Waals surface area contributed by atoms with Gasteiger partial charge in [0, 0.05) is 19.6 Å². The summed E-state index contributed by atoms with van der Waals surface area (Å²) in [5.41, 5.74) is 0. The SMILES string of the molecule is COC(=O)CCCOC1CCOC1. The van der Waals surface area contributed by atoms with E-state index in [1.165, 1.54) is 7.11 Å². The second kappa shape index (κ2) is 5.94. The first-order valence-corrected chi connectivity index (χ1v) is 4.59. The third-order valence-electron chi connectivity index (χ3n) is 1.99. The van der Waals surface area contributed by atoms with E-state index in [-0.39, 0.29) is 12.1 Å². The van der Waals surface area contributed by atoms with Crippen molar-refractivity contribution in [2.45, 2.75) is 25.4 Å². The zero-order chi connectivity index (χ0) is 9.52. The van der Waals surface area contributed by atoms with E-state index >= 15 is 0 Å². The molecule has 4 nitrogen and oxygen atoms in total. The first-order valence-electron chi connectivity index (χ1n) is 4.59. The largest absolute Gasteiger partial charge is 0.469 e. The van der Waals surface area contributed by atoms with Gasteiger partial charge in [-0.1, -0.05) is 0 Å². The van der Waals surface area contributed by atoms with Crippen LogP contribution in [0, 0.1) is 0 Å². The maximum absolute atomic E-state index is 10.7. The molecule has 1 atom stereocenters. The third-order valence-corrected chi connectivity index (χ3v) is 1.99. The Morgan fingerprint density at radius 2 is 2.46 bits per heavy atom. The van der Waals surface area contributed by atoms with E-state index in [1.54, 1.807) is 0 Å². The molecule has 0 aliphatic carbocycles. The van der Waals surface area contributed by atoms with Crippen molar-refractivity contribution in [1.29, 1.82) is 0 Å². The van der Waals surface area contributed by atoms with Crippen LogP contribution >= 0.6 is 0 Å². The van der Waals surface area contributed by atoms with Crippen molar-refractivity contribution >= 4 is 5.97 Å². The molecule has 0 bridgehead atoms. The number of carbonyl (C=O) groups excluding carboxylic acids is 1. The lowest BCUT2D eigenvalue weighted by atomic mass is 10.3. The van der Waals surface area contributed by atoms with Crippen molar-refractivity contribution in [3.8, 4) is 0 Å². The molecule has 0 aromatic carbocycles. The molecule has 0 amide bonds. The lowest BCUT2D eigenvalue weighted by Gasteiger charge is -2.08. The van der Waals surface area contributed by atoms with Crippen LogP contribution in [0.1, 0.15) is 19.3 Å². The van der Waals surface area contributed by atoms with Crippen molar-refractivity contribution in [2.24, 2.45) is 0 Å². The zero-order valence-electron chi connectivity index (χ0n) is 7.95. The van der Waals surface area contributed by atoms with Gasteiger partial charge in [-0.3, -0.25) is 4.79 Å². The molecule has 13 heavy (non-hydrogen) atoms. The monoisotopic (exact) mass is 188 g/mol. The fraction of sp³-hybridized carbons (Fsp3) is 0.889. The maximum Gasteiger partial charge on any atom is 0.305 e. The Balaban J connectivity index is 1.91. The molecule has 0 aromatic heterocycles. The van der Waals surface area contributed by atoms with E-state index in [0.717, 1.165) is 19.4 Å². The first-order chi connectivity index (χ1) is 6.33. The summed E-state index contributed by atoms with van der Waals surface area (Å²) in [6, 6.07) is 0. The normalized spacial score (nSPS) is 21.8. The van der Waals surface area contributed by atoms with Gasteiger partial charge >= 0.3 is 5.97 Å². The van der Waals surface area contributed by atoms with Crippen LogP contribution in [0.3, 0.4) is 0 Å². The van der Waals surface area contributed by atoms with E-state index in [1.807, 2.05) is 0 Å². The Morgan fingerprint density at radius 1 is 1.62 bits per heavy atom. The minimum atomic E-state index is -0.175. The molecular weight excluding hydrogens is 172 g/mol. The van der Waals surface area contributed by atoms with Crippen LogP contribution in [0.2, 0.25) is 0 Å². The van der Waals surface area contributed by atoms with Crippen molar-refractivity contribution in [2.75, 3.05) is 26.9 Å². The smallest absolute Gasteiger partial charge is 0.305 e. The average Bonchev–Trinajstić information content (AvgIpc) is 2.64. The highest BCUT2D eigenvalue weighted by molar-refractivity contribution is 5.68. The van der Waals surface area contributed by atoms with Gasteiger partial charge in [0.2, 0.25) is 0 Å². The quantitative estimate of drug-likeness (QED) is 0.471. The second-order valence-corrected chi connectivity index (χ2v) is 3.04. The first kappa shape index (κ1) is 10.5. The van der Waals surface area contributed by atoms with Crippen LogP contribution < -0.4 is 0 Å². The lowest BCUT2D eigenvalue weighted by Crippen LogP contribution is -2.13. The number of hydrogen-bond acceptors (Lipinski definition) is 4. The molecule has 0 aromatic rings. The minimum Gasteiger partial charge on any atom is -0.469 e. The van der Waals surface area contributed by atoms with Gasteiger partial charge in [0.15, 0.2) is 0 Å². The molecule has 1 fully saturated rings. The maximum atomic E-state index is 10.7. The summed E-state index contributed by atoms with van der Waals surface area (Å²) in [6.07, 6.45) is 2.36. The molecule has 1 saturated heterocycles. The fourth-order valence-corrected chi connectivity index (χ4v) is 1.21. The number of rotatable bonds is 5. The molecule has 4 heteroatoms. The molecule has 0 spiro atoms. The lowest BCUT2D eigenvalue weighted by molar-refractivity contribution is -0.141. The summed E-state index contributed by atoms with van der Waals surface area (Å²) in [4.78, 5) is 10.7. The number of esters is 1. The Labute approximate surface area is 78.2 Å². The minimum absolute atomic E-state index is 0.175. The summed E-state index contributed by atoms with van der Waals surface area (Å²) >= 11 is 0. The average molecular weight is 188 g/mol. The van der Waals surface area contributed by atoms with Gasteiger partial charge in [-0.25, -0.2) is 0 Å². The molecular formula is C9H16O4. The van der Waals surface area contributed by atoms with E-state index < -0.39 is 0 Å². The van der Waals surface area contributed by atoms with Crippen molar-refractivity contribution in [3.63, 3.8) is 0 Å². The standard InChI is InChI=1S/C9H16O4/c1-11-9(10)3-2-5-13-8-4-6-12-7-8/h8H,2-7H2,1H3. The highest BCUT2D eigenvalue weighted by atomic mass is 16.5. The van der Waals surface area contributed by atoms with Crippen molar-refractivity contribution in [1.82, 2.24) is 0 Å². The van der Waals surface area contributed by atoms with Crippen LogP contribution in [0.25, 0.3) is 0 Å². The number of methoxy groups -OCH3 is 1. The summed E-state index contributed by atoms with van der Waals surface area (Å²) in [6.45, 7) is 2.10. The summed E-state index contributed by atoms with van der Waals surface area (Å²) in [5.74, 6) is -0.175. The summed E-state index contributed by atoms with van der Waals surface area (Å²) in [7, 11) is 1.40. The zero-order valence-corrected chi connectivity index (χ0v) is 7.95. The third kappa shape index (κ3) is 4.24. The number of ether oxygens (including phenoxy) is 3. The van der Waals surface area contributed by atoms with E-state index in [4.69, 9.17) is 9.47 Å². The number of carbonyl (C=O) groups is 1. The predicted octanol–water partition coefficient (Wildman–Crippen LogP) is 0.745. The Morgan fingerprint density at radius 3 is 3.08 bits per heavy atom. The Hall–Kier alpha value is -0.610. The van der Waals surface area contributed by atoms with Crippen molar-refractivity contribution < 1.29 is 19.0 Å². The molecule has 0 radical (unpaired) electrons. The topological polar surface area (TPSA) is 44.8 Å². The molecule has 1 heterocycles. The summed E-state index contributed by atoms with van der Waals surface area (Å²) in [5, 5.41) is 0. The Bertz CT molecular complexity index is 152. The highest BCUT2D eigenvalue weighted by Crippen LogP contribution is 2.08. The molecule has 0 N–H and O–H groups in total.